The van der Waals surface area contributed by atoms with E-state index in [9.17, 15) is 18.0 Å². The third-order valence-corrected chi connectivity index (χ3v) is 9.40. The van der Waals surface area contributed by atoms with E-state index in [1.54, 1.807) is 23.6 Å². The van der Waals surface area contributed by atoms with Crippen LogP contribution in [0.3, 0.4) is 0 Å². The van der Waals surface area contributed by atoms with Crippen molar-refractivity contribution in [3.63, 3.8) is 0 Å². The van der Waals surface area contributed by atoms with Gasteiger partial charge in [-0.3, -0.25) is 4.79 Å². The molecule has 1 atom stereocenters. The largest absolute Gasteiger partial charge is 0.465 e. The van der Waals surface area contributed by atoms with Gasteiger partial charge < -0.3 is 10.1 Å². The fraction of sp³-hybridized carbons (Fsp3) is 0.300. The predicted molar refractivity (Wildman–Crippen MR) is 118 cm³/mol. The maximum Gasteiger partial charge on any atom is 0.341 e. The number of piperidine rings is 1. The van der Waals surface area contributed by atoms with Crippen LogP contribution < -0.4 is 5.32 Å². The van der Waals surface area contributed by atoms with E-state index in [-0.39, 0.29) is 16.3 Å². The van der Waals surface area contributed by atoms with Crippen LogP contribution in [0, 0.1) is 0 Å². The van der Waals surface area contributed by atoms with Gasteiger partial charge in [-0.25, -0.2) is 13.2 Å². The number of nitrogens with one attached hydrogen (secondary N) is 1. The van der Waals surface area contributed by atoms with Crippen LogP contribution in [0.4, 0.5) is 5.00 Å². The summed E-state index contributed by atoms with van der Waals surface area (Å²) in [4.78, 5) is 25.5. The third-order valence-electron chi connectivity index (χ3n) is 5.04. The van der Waals surface area contributed by atoms with E-state index in [0.717, 1.165) is 22.5 Å². The number of ether oxygens (including phenoxy) is 1. The van der Waals surface area contributed by atoms with Gasteiger partial charge in [-0.15, -0.1) is 22.7 Å². The van der Waals surface area contributed by atoms with E-state index in [1.807, 2.05) is 18.2 Å². The SMILES string of the molecule is COC(=O)c1c(NC(=O)C2CCCCN2S(=O)(=O)c2cccs2)sc2ccccc12. The van der Waals surface area contributed by atoms with Gasteiger partial charge in [0.05, 0.1) is 7.11 Å². The summed E-state index contributed by atoms with van der Waals surface area (Å²) in [6.45, 7) is 0.286. The second-order valence-corrected chi connectivity index (χ2v) is 11.0. The summed E-state index contributed by atoms with van der Waals surface area (Å²) in [6.07, 6.45) is 1.88. The van der Waals surface area contributed by atoms with E-state index in [4.69, 9.17) is 4.74 Å². The third kappa shape index (κ3) is 3.76. The number of hydrogen-bond acceptors (Lipinski definition) is 7. The fourth-order valence-electron chi connectivity index (χ4n) is 3.61. The molecule has 7 nitrogen and oxygen atoms in total. The van der Waals surface area contributed by atoms with E-state index in [0.29, 0.717) is 23.2 Å². The molecule has 0 radical (unpaired) electrons. The number of fused-ring (bicyclic) bond motifs is 1. The molecule has 1 aliphatic rings. The summed E-state index contributed by atoms with van der Waals surface area (Å²) >= 11 is 2.40. The van der Waals surface area contributed by atoms with Crippen LogP contribution in [0.25, 0.3) is 10.1 Å². The Hall–Kier alpha value is -2.27. The lowest BCUT2D eigenvalue weighted by Crippen LogP contribution is -2.49. The second kappa shape index (κ2) is 8.46. The maximum absolute atomic E-state index is 13.2. The fourth-order valence-corrected chi connectivity index (χ4v) is 7.48. The number of esters is 1. The lowest BCUT2D eigenvalue weighted by Gasteiger charge is -2.33. The Morgan fingerprint density at radius 2 is 1.97 bits per heavy atom. The van der Waals surface area contributed by atoms with Crippen molar-refractivity contribution in [3.05, 3.63) is 47.3 Å². The molecule has 1 unspecified atom stereocenters. The molecule has 1 aromatic carbocycles. The number of benzene rings is 1. The van der Waals surface area contributed by atoms with Crippen molar-refractivity contribution in [2.75, 3.05) is 19.0 Å². The summed E-state index contributed by atoms with van der Waals surface area (Å²) < 4.78 is 33.4. The smallest absolute Gasteiger partial charge is 0.341 e. The number of thiophene rings is 2. The number of hydrogen-bond donors (Lipinski definition) is 1. The molecule has 0 spiro atoms. The van der Waals surface area contributed by atoms with Crippen molar-refractivity contribution in [3.8, 4) is 0 Å². The molecule has 0 aliphatic carbocycles. The molecule has 1 fully saturated rings. The van der Waals surface area contributed by atoms with Gasteiger partial charge in [0.15, 0.2) is 0 Å². The second-order valence-electron chi connectivity index (χ2n) is 6.84. The molecule has 2 aromatic heterocycles. The van der Waals surface area contributed by atoms with Crippen LogP contribution in [0.2, 0.25) is 0 Å². The predicted octanol–water partition coefficient (Wildman–Crippen LogP) is 3.93. The van der Waals surface area contributed by atoms with Crippen molar-refractivity contribution >= 4 is 59.7 Å². The minimum absolute atomic E-state index is 0.222. The van der Waals surface area contributed by atoms with Gasteiger partial charge in [-0.1, -0.05) is 30.7 Å². The number of nitrogens with zero attached hydrogens (tertiary/aromatic N) is 1. The molecule has 1 N–H and O–H groups in total. The first-order valence-corrected chi connectivity index (χ1v) is 12.5. The number of sulfonamides is 1. The number of anilines is 1. The normalized spacial score (nSPS) is 17.7. The maximum atomic E-state index is 13.2. The van der Waals surface area contributed by atoms with Crippen molar-refractivity contribution in [2.45, 2.75) is 29.5 Å². The highest BCUT2D eigenvalue weighted by Crippen LogP contribution is 2.37. The van der Waals surface area contributed by atoms with Gasteiger partial charge in [-0.05, 0) is 30.4 Å². The van der Waals surface area contributed by atoms with Gasteiger partial charge >= 0.3 is 5.97 Å². The Balaban J connectivity index is 1.67. The molecule has 30 heavy (non-hydrogen) atoms. The average molecular weight is 465 g/mol. The lowest BCUT2D eigenvalue weighted by molar-refractivity contribution is -0.120. The topological polar surface area (TPSA) is 92.8 Å². The summed E-state index contributed by atoms with van der Waals surface area (Å²) in [5.74, 6) is -0.985. The highest BCUT2D eigenvalue weighted by Gasteiger charge is 2.38. The van der Waals surface area contributed by atoms with Crippen molar-refractivity contribution < 1.29 is 22.7 Å². The molecule has 1 aliphatic heterocycles. The van der Waals surface area contributed by atoms with Crippen LogP contribution in [-0.2, 0) is 19.6 Å². The monoisotopic (exact) mass is 464 g/mol. The summed E-state index contributed by atoms with van der Waals surface area (Å²) in [5.41, 5.74) is 0.287. The Morgan fingerprint density at radius 3 is 2.70 bits per heavy atom. The number of carbonyl (C=O) groups is 2. The average Bonchev–Trinajstić information content (AvgIpc) is 3.41. The zero-order valence-electron chi connectivity index (χ0n) is 16.2. The molecule has 3 heterocycles. The highest BCUT2D eigenvalue weighted by atomic mass is 32.2. The Bertz CT molecular complexity index is 1180. The first kappa shape index (κ1) is 21.0. The molecule has 1 amide bonds. The molecular formula is C20H20N2O5S3. The van der Waals surface area contributed by atoms with Gasteiger partial charge in [-0.2, -0.15) is 4.31 Å². The Labute approximate surface area is 182 Å². The molecule has 10 heteroatoms. The number of carbonyl (C=O) groups excluding carboxylic acids is 2. The first-order chi connectivity index (χ1) is 14.4. The number of methoxy groups -OCH3 is 1. The molecule has 1 saturated heterocycles. The van der Waals surface area contributed by atoms with Gasteiger partial charge in [0.1, 0.15) is 20.8 Å². The minimum atomic E-state index is -3.76. The Kier molecular flexibility index (Phi) is 5.92. The van der Waals surface area contributed by atoms with Gasteiger partial charge in [0, 0.05) is 16.6 Å². The van der Waals surface area contributed by atoms with E-state index in [2.05, 4.69) is 5.32 Å². The molecule has 4 rings (SSSR count). The van der Waals surface area contributed by atoms with Crippen LogP contribution in [0.5, 0.6) is 0 Å². The minimum Gasteiger partial charge on any atom is -0.465 e. The summed E-state index contributed by atoms with van der Waals surface area (Å²) in [7, 11) is -2.47. The number of rotatable bonds is 5. The standard InChI is InChI=1S/C20H20N2O5S3/c1-27-20(24)17-13-7-2-3-9-15(13)29-19(17)21-18(23)14-8-4-5-11-22(14)30(25,26)16-10-6-12-28-16/h2-3,6-7,9-10,12,14H,4-5,8,11H2,1H3,(H,21,23). The number of amides is 1. The zero-order valence-corrected chi connectivity index (χ0v) is 18.6. The van der Waals surface area contributed by atoms with Gasteiger partial charge in [0.25, 0.3) is 10.0 Å². The van der Waals surface area contributed by atoms with E-state index >= 15 is 0 Å². The Morgan fingerprint density at radius 1 is 1.17 bits per heavy atom. The van der Waals surface area contributed by atoms with E-state index in [1.165, 1.54) is 22.8 Å². The summed E-state index contributed by atoms with van der Waals surface area (Å²) in [5, 5.41) is 5.57. The molecule has 3 aromatic rings. The first-order valence-electron chi connectivity index (χ1n) is 9.39. The van der Waals surface area contributed by atoms with Crippen LogP contribution in [0.15, 0.2) is 46.0 Å². The van der Waals surface area contributed by atoms with E-state index < -0.39 is 27.9 Å². The molecule has 158 valence electrons. The van der Waals surface area contributed by atoms with Crippen molar-refractivity contribution in [1.82, 2.24) is 4.31 Å². The molecule has 0 saturated carbocycles. The molecular weight excluding hydrogens is 444 g/mol. The van der Waals surface area contributed by atoms with Crippen molar-refractivity contribution in [2.24, 2.45) is 0 Å². The van der Waals surface area contributed by atoms with Crippen LogP contribution >= 0.6 is 22.7 Å². The zero-order chi connectivity index (χ0) is 21.3. The molecule has 0 bridgehead atoms. The van der Waals surface area contributed by atoms with Crippen molar-refractivity contribution in [1.29, 1.82) is 0 Å². The van der Waals surface area contributed by atoms with Crippen LogP contribution in [-0.4, -0.2) is 44.3 Å². The lowest BCUT2D eigenvalue weighted by atomic mass is 10.0. The van der Waals surface area contributed by atoms with Gasteiger partial charge in [0.2, 0.25) is 5.91 Å². The summed E-state index contributed by atoms with van der Waals surface area (Å²) in [6, 6.07) is 9.70. The van der Waals surface area contributed by atoms with Crippen LogP contribution in [0.1, 0.15) is 29.6 Å². The highest BCUT2D eigenvalue weighted by molar-refractivity contribution is 7.91. The quantitative estimate of drug-likeness (QED) is 0.578.